The van der Waals surface area contributed by atoms with E-state index in [0.717, 1.165) is 5.56 Å². The van der Waals surface area contributed by atoms with E-state index in [9.17, 15) is 17.6 Å². The van der Waals surface area contributed by atoms with Gasteiger partial charge in [-0.3, -0.25) is 4.79 Å². The molecule has 0 bridgehead atoms. The lowest BCUT2D eigenvalue weighted by Gasteiger charge is -2.17. The van der Waals surface area contributed by atoms with Crippen molar-refractivity contribution in [3.63, 3.8) is 0 Å². The molecule has 0 saturated heterocycles. The summed E-state index contributed by atoms with van der Waals surface area (Å²) in [6, 6.07) is 10.9. The number of halogens is 1. The van der Waals surface area contributed by atoms with Gasteiger partial charge in [-0.05, 0) is 60.7 Å². The van der Waals surface area contributed by atoms with Gasteiger partial charge in [0.2, 0.25) is 0 Å². The van der Waals surface area contributed by atoms with E-state index in [1.54, 1.807) is 24.3 Å². The number of fused-ring (bicyclic) bond motifs is 1. The maximum absolute atomic E-state index is 12.8. The molecule has 6 heteroatoms. The van der Waals surface area contributed by atoms with Crippen LogP contribution < -0.4 is 5.32 Å². The molecule has 0 aromatic heterocycles. The van der Waals surface area contributed by atoms with Crippen molar-refractivity contribution in [1.29, 1.82) is 0 Å². The van der Waals surface area contributed by atoms with Crippen LogP contribution in [0, 0.1) is 5.82 Å². The van der Waals surface area contributed by atoms with Crippen LogP contribution >= 0.6 is 0 Å². The van der Waals surface area contributed by atoms with E-state index in [0.29, 0.717) is 41.8 Å². The van der Waals surface area contributed by atoms with Crippen LogP contribution in [0.5, 0.6) is 0 Å². The number of aryl methyl sites for hydroxylation is 1. The molecular weight excluding hydrogens is 329 g/mol. The van der Waals surface area contributed by atoms with Crippen molar-refractivity contribution >= 4 is 15.7 Å². The van der Waals surface area contributed by atoms with E-state index >= 15 is 0 Å². The Balaban J connectivity index is 1.64. The first-order valence-corrected chi connectivity index (χ1v) is 9.49. The monoisotopic (exact) mass is 347 g/mol. The second kappa shape index (κ2) is 6.73. The predicted molar refractivity (Wildman–Crippen MR) is 89.3 cm³/mol. The lowest BCUT2D eigenvalue weighted by molar-refractivity contribution is 0.0954. The molecule has 0 spiro atoms. The van der Waals surface area contributed by atoms with Crippen molar-refractivity contribution in [2.75, 3.05) is 12.3 Å². The summed E-state index contributed by atoms with van der Waals surface area (Å²) in [4.78, 5) is 12.6. The van der Waals surface area contributed by atoms with Crippen LogP contribution in [0.3, 0.4) is 0 Å². The van der Waals surface area contributed by atoms with Crippen molar-refractivity contribution in [3.05, 3.63) is 65.0 Å². The standard InChI is InChI=1S/C18H18FNO3S/c19-16-6-3-13(4-7-16)9-10-20-18(21)15-5-8-17-14(12-15)2-1-11-24(17,22)23/h3-8,12H,1-2,9-11H2,(H,20,21). The summed E-state index contributed by atoms with van der Waals surface area (Å²) in [6.07, 6.45) is 1.86. The molecule has 0 fully saturated rings. The SMILES string of the molecule is O=C(NCCc1ccc(F)cc1)c1ccc2c(c1)CCCS2(=O)=O. The van der Waals surface area contributed by atoms with E-state index in [-0.39, 0.29) is 17.5 Å². The van der Waals surface area contributed by atoms with Crippen molar-refractivity contribution in [2.45, 2.75) is 24.2 Å². The average Bonchev–Trinajstić information content (AvgIpc) is 2.56. The van der Waals surface area contributed by atoms with Gasteiger partial charge in [0, 0.05) is 12.1 Å². The fourth-order valence-corrected chi connectivity index (χ4v) is 4.44. The Kier molecular flexibility index (Phi) is 4.66. The first-order valence-electron chi connectivity index (χ1n) is 7.84. The van der Waals surface area contributed by atoms with Gasteiger partial charge in [-0.2, -0.15) is 0 Å². The highest BCUT2D eigenvalue weighted by Crippen LogP contribution is 2.25. The predicted octanol–water partition coefficient (Wildman–Crippen LogP) is 2.52. The first-order chi connectivity index (χ1) is 11.5. The number of carbonyl (C=O) groups is 1. The van der Waals surface area contributed by atoms with Crippen LogP contribution in [-0.4, -0.2) is 26.6 Å². The normalized spacial score (nSPS) is 15.5. The van der Waals surface area contributed by atoms with E-state index in [1.165, 1.54) is 18.2 Å². The second-order valence-electron chi connectivity index (χ2n) is 5.88. The average molecular weight is 347 g/mol. The Labute approximate surface area is 140 Å². The molecule has 0 saturated carbocycles. The van der Waals surface area contributed by atoms with Crippen molar-refractivity contribution in [2.24, 2.45) is 0 Å². The van der Waals surface area contributed by atoms with Gasteiger partial charge in [0.25, 0.3) is 5.91 Å². The molecule has 1 N–H and O–H groups in total. The summed E-state index contributed by atoms with van der Waals surface area (Å²) in [5.74, 6) is -0.349. The maximum Gasteiger partial charge on any atom is 0.251 e. The summed E-state index contributed by atoms with van der Waals surface area (Å²) < 4.78 is 36.8. The molecule has 1 amide bonds. The fraction of sp³-hybridized carbons (Fsp3) is 0.278. The molecule has 0 radical (unpaired) electrons. The Morgan fingerprint density at radius 3 is 2.62 bits per heavy atom. The lowest BCUT2D eigenvalue weighted by atomic mass is 10.1. The third kappa shape index (κ3) is 3.64. The molecule has 3 rings (SSSR count). The van der Waals surface area contributed by atoms with Crippen LogP contribution in [-0.2, 0) is 22.7 Å². The zero-order valence-corrected chi connectivity index (χ0v) is 13.9. The Hall–Kier alpha value is -2.21. The summed E-state index contributed by atoms with van der Waals surface area (Å²) >= 11 is 0. The molecule has 0 atom stereocenters. The van der Waals surface area contributed by atoms with Crippen LogP contribution in [0.4, 0.5) is 4.39 Å². The Morgan fingerprint density at radius 2 is 1.88 bits per heavy atom. The van der Waals surface area contributed by atoms with Crippen LogP contribution in [0.1, 0.15) is 27.9 Å². The zero-order valence-electron chi connectivity index (χ0n) is 13.1. The molecule has 126 valence electrons. The molecule has 1 aliphatic heterocycles. The topological polar surface area (TPSA) is 63.2 Å². The molecule has 0 unspecified atom stereocenters. The lowest BCUT2D eigenvalue weighted by Crippen LogP contribution is -2.26. The summed E-state index contributed by atoms with van der Waals surface area (Å²) in [7, 11) is -3.20. The van der Waals surface area contributed by atoms with Gasteiger partial charge in [0.15, 0.2) is 9.84 Å². The van der Waals surface area contributed by atoms with Crippen LogP contribution in [0.15, 0.2) is 47.4 Å². The quantitative estimate of drug-likeness (QED) is 0.924. The van der Waals surface area contributed by atoms with Gasteiger partial charge in [0.1, 0.15) is 5.82 Å². The number of sulfone groups is 1. The van der Waals surface area contributed by atoms with E-state index in [4.69, 9.17) is 0 Å². The van der Waals surface area contributed by atoms with Crippen molar-refractivity contribution in [3.8, 4) is 0 Å². The smallest absolute Gasteiger partial charge is 0.251 e. The van der Waals surface area contributed by atoms with Gasteiger partial charge in [0.05, 0.1) is 10.6 Å². The summed E-state index contributed by atoms with van der Waals surface area (Å²) in [5.41, 5.74) is 2.12. The molecule has 2 aromatic rings. The van der Waals surface area contributed by atoms with Crippen LogP contribution in [0.2, 0.25) is 0 Å². The fourth-order valence-electron chi connectivity index (χ4n) is 2.86. The largest absolute Gasteiger partial charge is 0.352 e. The van der Waals surface area contributed by atoms with Gasteiger partial charge in [-0.1, -0.05) is 12.1 Å². The minimum atomic E-state index is -3.20. The number of benzene rings is 2. The van der Waals surface area contributed by atoms with E-state index < -0.39 is 9.84 Å². The van der Waals surface area contributed by atoms with E-state index in [2.05, 4.69) is 5.32 Å². The minimum absolute atomic E-state index is 0.170. The second-order valence-corrected chi connectivity index (χ2v) is 7.95. The highest BCUT2D eigenvalue weighted by atomic mass is 32.2. The van der Waals surface area contributed by atoms with Crippen LogP contribution in [0.25, 0.3) is 0 Å². The summed E-state index contributed by atoms with van der Waals surface area (Å²) in [6.45, 7) is 0.430. The first kappa shape index (κ1) is 16.6. The zero-order chi connectivity index (χ0) is 17.2. The number of amides is 1. The van der Waals surface area contributed by atoms with Gasteiger partial charge in [-0.25, -0.2) is 12.8 Å². The molecule has 0 aliphatic carbocycles. The van der Waals surface area contributed by atoms with Gasteiger partial charge >= 0.3 is 0 Å². The molecule has 1 heterocycles. The molecular formula is C18H18FNO3S. The number of carbonyl (C=O) groups excluding carboxylic acids is 1. The highest BCUT2D eigenvalue weighted by Gasteiger charge is 2.24. The molecule has 1 aliphatic rings. The highest BCUT2D eigenvalue weighted by molar-refractivity contribution is 7.91. The molecule has 4 nitrogen and oxygen atoms in total. The van der Waals surface area contributed by atoms with Crippen molar-refractivity contribution < 1.29 is 17.6 Å². The Bertz CT molecular complexity index is 860. The van der Waals surface area contributed by atoms with Gasteiger partial charge < -0.3 is 5.32 Å². The number of rotatable bonds is 4. The third-order valence-corrected chi connectivity index (χ3v) is 6.02. The number of nitrogens with one attached hydrogen (secondary N) is 1. The molecule has 24 heavy (non-hydrogen) atoms. The third-order valence-electron chi connectivity index (χ3n) is 4.13. The Morgan fingerprint density at radius 1 is 1.12 bits per heavy atom. The van der Waals surface area contributed by atoms with E-state index in [1.807, 2.05) is 0 Å². The summed E-state index contributed by atoms with van der Waals surface area (Å²) in [5, 5.41) is 2.81. The molecule has 2 aromatic carbocycles. The van der Waals surface area contributed by atoms with Crippen molar-refractivity contribution in [1.82, 2.24) is 5.32 Å². The number of hydrogen-bond donors (Lipinski definition) is 1. The minimum Gasteiger partial charge on any atom is -0.352 e. The van der Waals surface area contributed by atoms with Gasteiger partial charge in [-0.15, -0.1) is 0 Å². The maximum atomic E-state index is 12.8. The number of hydrogen-bond acceptors (Lipinski definition) is 3.